The van der Waals surface area contributed by atoms with E-state index in [0.29, 0.717) is 47.6 Å². The number of epoxide rings is 2. The quantitative estimate of drug-likeness (QED) is 0.150. The molecule has 0 saturated carbocycles. The summed E-state index contributed by atoms with van der Waals surface area (Å²) in [6.45, 7) is 5.45. The first-order valence-electron chi connectivity index (χ1n) is 16.1. The maximum Gasteiger partial charge on any atom is 0.146 e. The molecule has 2 fully saturated rings. The van der Waals surface area contributed by atoms with Crippen LogP contribution in [0.3, 0.4) is 0 Å². The van der Waals surface area contributed by atoms with Gasteiger partial charge in [0.05, 0.1) is 38.6 Å². The molecule has 3 aliphatic heterocycles. The molecule has 0 N–H and O–H groups in total. The minimum absolute atomic E-state index is 0. The van der Waals surface area contributed by atoms with E-state index in [2.05, 4.69) is 19.1 Å². The summed E-state index contributed by atoms with van der Waals surface area (Å²) in [5.74, 6) is 2.76. The van der Waals surface area contributed by atoms with E-state index in [1.165, 1.54) is 0 Å². The second-order valence-corrected chi connectivity index (χ2v) is 13.4. The average Bonchev–Trinajstić information content (AvgIpc) is 3.92. The standard InChI is InChI=1S/C20H17O4.C20H15O4.2Y/c2*1-20(10-23-20)17-8-13-14-7-11-5-3-4-6-12(11)19(21)18(14)16(22-2)9-15(13)24-17;;/h3-4,6,9,17H,7-8,10H2,1-2H3;3-4,6,8-9H,7,10H2,1-2H3;;/q2*-1;;/t17-,20+;20-;;/m10../s1. The monoisotopic (exact) mass is 818 g/mol. The summed E-state index contributed by atoms with van der Waals surface area (Å²) in [6, 6.07) is 23.2. The molecule has 2 saturated heterocycles. The molecule has 0 spiro atoms. The zero-order valence-corrected chi connectivity index (χ0v) is 33.9. The van der Waals surface area contributed by atoms with Crippen LogP contribution < -0.4 is 14.2 Å². The van der Waals surface area contributed by atoms with Crippen molar-refractivity contribution >= 4 is 22.5 Å². The first-order valence-corrected chi connectivity index (χ1v) is 16.1. The van der Waals surface area contributed by atoms with Gasteiger partial charge in [0.25, 0.3) is 0 Å². The molecule has 2 radical (unpaired) electrons. The molecule has 5 aliphatic rings. The molecule has 10 heteroatoms. The maximum absolute atomic E-state index is 13.0. The van der Waals surface area contributed by atoms with E-state index in [1.807, 2.05) is 55.5 Å². The van der Waals surface area contributed by atoms with Gasteiger partial charge >= 0.3 is 0 Å². The van der Waals surface area contributed by atoms with Gasteiger partial charge in [-0.15, -0.1) is 11.1 Å². The predicted molar refractivity (Wildman–Crippen MR) is 175 cm³/mol. The third-order valence-electron chi connectivity index (χ3n) is 10.4. The Bertz CT molecular complexity index is 2210. The number of fused-ring (bicyclic) bond motifs is 8. The van der Waals surface area contributed by atoms with E-state index < -0.39 is 0 Å². The Balaban J connectivity index is 0.000000151. The van der Waals surface area contributed by atoms with E-state index in [0.717, 1.165) is 68.9 Å². The van der Waals surface area contributed by atoms with Crippen LogP contribution in [0.1, 0.15) is 79.3 Å². The Morgan fingerprint density at radius 1 is 0.780 bits per heavy atom. The summed E-state index contributed by atoms with van der Waals surface area (Å²) in [7, 11) is 3.18. The van der Waals surface area contributed by atoms with E-state index in [1.54, 1.807) is 20.3 Å². The molecular weight excluding hydrogens is 786 g/mol. The van der Waals surface area contributed by atoms with Gasteiger partial charge in [-0.05, 0) is 43.9 Å². The van der Waals surface area contributed by atoms with Crippen molar-refractivity contribution in [3.05, 3.63) is 123 Å². The van der Waals surface area contributed by atoms with Crippen molar-refractivity contribution in [3.8, 4) is 17.2 Å². The smallest absolute Gasteiger partial charge is 0.146 e. The van der Waals surface area contributed by atoms with Gasteiger partial charge in [-0.3, -0.25) is 0 Å². The van der Waals surface area contributed by atoms with Crippen molar-refractivity contribution in [2.75, 3.05) is 27.4 Å². The summed E-state index contributed by atoms with van der Waals surface area (Å²) in [5.41, 5.74) is 7.85. The van der Waals surface area contributed by atoms with E-state index in [4.69, 9.17) is 28.1 Å². The Morgan fingerprint density at radius 3 is 1.94 bits per heavy atom. The molecule has 0 amide bonds. The number of ketones is 2. The van der Waals surface area contributed by atoms with Crippen molar-refractivity contribution in [2.24, 2.45) is 0 Å². The SMILES string of the molecule is COc1cc2c(c3c1C(=O)c1ccc[c-]c1C3)C[C@H]([C@]1(C)CO1)O2.COc1cc2oc([C@]3(C)CO3)cc2c2c1C(=O)c1ccc[c-]c1C2.[Y].[Y]. The van der Waals surface area contributed by atoms with Crippen LogP contribution in [0.4, 0.5) is 0 Å². The number of carbonyl (C=O) groups excluding carboxylic acids is 2. The number of rotatable bonds is 4. The van der Waals surface area contributed by atoms with Crippen molar-refractivity contribution in [1.82, 2.24) is 0 Å². The Hall–Kier alpha value is -2.71. The van der Waals surface area contributed by atoms with Gasteiger partial charge in [-0.2, -0.15) is 48.5 Å². The number of furan rings is 1. The Labute approximate surface area is 340 Å². The fourth-order valence-electron chi connectivity index (χ4n) is 7.29. The van der Waals surface area contributed by atoms with Crippen LogP contribution in [0.15, 0.2) is 59.0 Å². The van der Waals surface area contributed by atoms with Crippen LogP contribution >= 0.6 is 0 Å². The molecule has 10 rings (SSSR count). The van der Waals surface area contributed by atoms with Gasteiger partial charge in [-0.1, -0.05) is 11.1 Å². The summed E-state index contributed by atoms with van der Waals surface area (Å²) in [6.07, 6.45) is 2.10. The minimum atomic E-state index is -0.345. The van der Waals surface area contributed by atoms with Gasteiger partial charge in [0.2, 0.25) is 0 Å². The van der Waals surface area contributed by atoms with Gasteiger partial charge in [-0.25, -0.2) is 0 Å². The molecule has 248 valence electrons. The number of ether oxygens (including phenoxy) is 5. The largest absolute Gasteiger partial charge is 0.496 e. The number of hydrogen-bond donors (Lipinski definition) is 0. The van der Waals surface area contributed by atoms with E-state index in [9.17, 15) is 9.59 Å². The number of carbonyl (C=O) groups is 2. The molecule has 5 aromatic rings. The summed E-state index contributed by atoms with van der Waals surface area (Å²) < 4.78 is 34.2. The summed E-state index contributed by atoms with van der Waals surface area (Å²) >= 11 is 0. The molecule has 0 unspecified atom stereocenters. The van der Waals surface area contributed by atoms with Crippen molar-refractivity contribution in [1.29, 1.82) is 0 Å². The summed E-state index contributed by atoms with van der Waals surface area (Å²) in [4.78, 5) is 26.0. The van der Waals surface area contributed by atoms with Crippen LogP contribution in [0.5, 0.6) is 17.2 Å². The van der Waals surface area contributed by atoms with Gasteiger partial charge in [0.15, 0.2) is 0 Å². The van der Waals surface area contributed by atoms with Crippen molar-refractivity contribution < 1.29 is 103 Å². The molecule has 1 aromatic heterocycles. The van der Waals surface area contributed by atoms with E-state index >= 15 is 0 Å². The number of hydrogen-bond acceptors (Lipinski definition) is 8. The average molecular weight is 819 g/mol. The summed E-state index contributed by atoms with van der Waals surface area (Å²) in [5, 5.41) is 0.953. The molecule has 8 nitrogen and oxygen atoms in total. The number of methoxy groups -OCH3 is 2. The third-order valence-corrected chi connectivity index (χ3v) is 10.4. The minimum Gasteiger partial charge on any atom is -0.496 e. The molecule has 4 aromatic carbocycles. The van der Waals surface area contributed by atoms with Crippen molar-refractivity contribution in [2.45, 2.75) is 50.4 Å². The topological polar surface area (TPSA) is 100 Å². The van der Waals surface area contributed by atoms with Gasteiger partial charge in [0, 0.05) is 94.9 Å². The van der Waals surface area contributed by atoms with Crippen LogP contribution in [0.25, 0.3) is 11.0 Å². The second-order valence-electron chi connectivity index (χ2n) is 13.4. The van der Waals surface area contributed by atoms with Crippen molar-refractivity contribution in [3.63, 3.8) is 0 Å². The normalized spacial score (nSPS) is 22.9. The Morgan fingerprint density at radius 2 is 1.36 bits per heavy atom. The van der Waals surface area contributed by atoms with Gasteiger partial charge < -0.3 is 37.7 Å². The fourth-order valence-corrected chi connectivity index (χ4v) is 7.29. The molecule has 2 aliphatic carbocycles. The number of benzene rings is 4. The van der Waals surface area contributed by atoms with Crippen LogP contribution in [-0.2, 0) is 99.8 Å². The van der Waals surface area contributed by atoms with Crippen LogP contribution in [0.2, 0.25) is 0 Å². The fraction of sp³-hybridized carbons (Fsp3) is 0.300. The van der Waals surface area contributed by atoms with Crippen LogP contribution in [-0.4, -0.2) is 50.7 Å². The first kappa shape index (κ1) is 35.7. The molecule has 0 bridgehead atoms. The second kappa shape index (κ2) is 13.1. The van der Waals surface area contributed by atoms with Gasteiger partial charge in [0.1, 0.15) is 57.5 Å². The molecule has 50 heavy (non-hydrogen) atoms. The zero-order valence-electron chi connectivity index (χ0n) is 28.2. The third kappa shape index (κ3) is 5.66. The Kier molecular flexibility index (Phi) is 9.31. The van der Waals surface area contributed by atoms with E-state index in [-0.39, 0.29) is 94.3 Å². The maximum atomic E-state index is 13.0. The molecule has 4 heterocycles. The predicted octanol–water partition coefficient (Wildman–Crippen LogP) is 6.34. The molecular formula is C40H32O8Y2-2. The zero-order chi connectivity index (χ0) is 32.9. The first-order chi connectivity index (χ1) is 23.2. The van der Waals surface area contributed by atoms with Crippen LogP contribution in [0, 0.1) is 12.1 Å². The molecule has 3 atom stereocenters.